The van der Waals surface area contributed by atoms with Crippen molar-refractivity contribution in [1.82, 2.24) is 9.97 Å². The molecule has 0 unspecified atom stereocenters. The quantitative estimate of drug-likeness (QED) is 0.461. The number of hydrogen-bond donors (Lipinski definition) is 3. The molecule has 3 aromatic rings. The van der Waals surface area contributed by atoms with Crippen molar-refractivity contribution < 1.29 is 18.8 Å². The standard InChI is InChI=1S/C23H21ClFN5O3/c24-18-11-14(25)3-8-17(18)22(32)29-15-4-6-16(7-5-15)30(10-9-13-1-2-13)23(33)20-19(21(26)31)27-12-28-20/h3-8,11-13H,1-2,9-10H2,(H2,26,31)(H,27,28)(H,29,32). The number of aromatic amines is 1. The van der Waals surface area contributed by atoms with E-state index in [1.165, 1.54) is 12.4 Å². The van der Waals surface area contributed by atoms with Crippen LogP contribution in [0.2, 0.25) is 5.02 Å². The minimum absolute atomic E-state index is 0.00484. The number of anilines is 2. The summed E-state index contributed by atoms with van der Waals surface area (Å²) in [7, 11) is 0. The fourth-order valence-corrected chi connectivity index (χ4v) is 3.69. The fourth-order valence-electron chi connectivity index (χ4n) is 3.43. The summed E-state index contributed by atoms with van der Waals surface area (Å²) in [5.74, 6) is -1.66. The number of H-pyrrole nitrogens is 1. The Labute approximate surface area is 193 Å². The first-order valence-corrected chi connectivity index (χ1v) is 10.7. The fraction of sp³-hybridized carbons (Fsp3) is 0.217. The van der Waals surface area contributed by atoms with Crippen LogP contribution >= 0.6 is 11.6 Å². The average molecular weight is 470 g/mol. The zero-order valence-electron chi connectivity index (χ0n) is 17.5. The summed E-state index contributed by atoms with van der Waals surface area (Å²) in [5, 5.41) is 2.70. The summed E-state index contributed by atoms with van der Waals surface area (Å²) in [6, 6.07) is 10.2. The van der Waals surface area contributed by atoms with E-state index in [0.717, 1.165) is 31.4 Å². The van der Waals surface area contributed by atoms with Gasteiger partial charge in [0.1, 0.15) is 11.5 Å². The van der Waals surface area contributed by atoms with Gasteiger partial charge in [-0.2, -0.15) is 0 Å². The number of nitrogens with one attached hydrogen (secondary N) is 2. The van der Waals surface area contributed by atoms with Gasteiger partial charge in [-0.25, -0.2) is 9.37 Å². The molecule has 1 fully saturated rings. The summed E-state index contributed by atoms with van der Waals surface area (Å²) in [4.78, 5) is 45.5. The largest absolute Gasteiger partial charge is 0.364 e. The van der Waals surface area contributed by atoms with Gasteiger partial charge in [-0.1, -0.05) is 24.4 Å². The van der Waals surface area contributed by atoms with Gasteiger partial charge in [0.25, 0.3) is 17.7 Å². The Kier molecular flexibility index (Phi) is 6.41. The Hall–Kier alpha value is -3.72. The van der Waals surface area contributed by atoms with Crippen molar-refractivity contribution >= 4 is 40.7 Å². The maximum atomic E-state index is 13.2. The van der Waals surface area contributed by atoms with Crippen molar-refractivity contribution in [1.29, 1.82) is 0 Å². The highest BCUT2D eigenvalue weighted by Crippen LogP contribution is 2.33. The lowest BCUT2D eigenvalue weighted by Gasteiger charge is -2.23. The summed E-state index contributed by atoms with van der Waals surface area (Å²) < 4.78 is 13.2. The van der Waals surface area contributed by atoms with E-state index in [2.05, 4.69) is 15.3 Å². The molecule has 2 aromatic carbocycles. The zero-order valence-corrected chi connectivity index (χ0v) is 18.2. The zero-order chi connectivity index (χ0) is 23.5. The van der Waals surface area contributed by atoms with Crippen molar-refractivity contribution in [2.24, 2.45) is 11.7 Å². The van der Waals surface area contributed by atoms with Crippen molar-refractivity contribution in [3.8, 4) is 0 Å². The van der Waals surface area contributed by atoms with E-state index in [1.807, 2.05) is 0 Å². The molecule has 0 atom stereocenters. The molecule has 0 aliphatic heterocycles. The van der Waals surface area contributed by atoms with Gasteiger partial charge in [0.05, 0.1) is 16.9 Å². The molecule has 1 aliphatic carbocycles. The van der Waals surface area contributed by atoms with Gasteiger partial charge in [-0.15, -0.1) is 0 Å². The minimum Gasteiger partial charge on any atom is -0.364 e. The number of primary amides is 1. The van der Waals surface area contributed by atoms with Crippen LogP contribution in [-0.2, 0) is 0 Å². The van der Waals surface area contributed by atoms with E-state index >= 15 is 0 Å². The Morgan fingerprint density at radius 1 is 1.18 bits per heavy atom. The van der Waals surface area contributed by atoms with Crippen LogP contribution in [0.1, 0.15) is 50.6 Å². The number of carbonyl (C=O) groups excluding carboxylic acids is 3. The average Bonchev–Trinajstić information content (AvgIpc) is 3.47. The van der Waals surface area contributed by atoms with Gasteiger partial charge in [0, 0.05) is 17.9 Å². The van der Waals surface area contributed by atoms with Gasteiger partial charge in [-0.05, 0) is 54.8 Å². The van der Waals surface area contributed by atoms with Crippen molar-refractivity contribution in [3.63, 3.8) is 0 Å². The number of benzene rings is 2. The second-order valence-electron chi connectivity index (χ2n) is 7.80. The first kappa shape index (κ1) is 22.5. The molecular weight excluding hydrogens is 449 g/mol. The molecule has 0 radical (unpaired) electrons. The number of rotatable bonds is 8. The molecular formula is C23H21ClFN5O3. The van der Waals surface area contributed by atoms with E-state index in [1.54, 1.807) is 29.2 Å². The van der Waals surface area contributed by atoms with Gasteiger partial charge in [0.2, 0.25) is 0 Å². The van der Waals surface area contributed by atoms with Crippen LogP contribution in [-0.4, -0.2) is 34.2 Å². The molecule has 4 rings (SSSR count). The lowest BCUT2D eigenvalue weighted by molar-refractivity contribution is 0.0954. The summed E-state index contributed by atoms with van der Waals surface area (Å²) >= 11 is 5.96. The van der Waals surface area contributed by atoms with Gasteiger partial charge in [0.15, 0.2) is 5.69 Å². The third kappa shape index (κ3) is 5.20. The van der Waals surface area contributed by atoms with Crippen LogP contribution in [0.15, 0.2) is 48.8 Å². The van der Waals surface area contributed by atoms with Crippen LogP contribution < -0.4 is 16.0 Å². The predicted molar refractivity (Wildman–Crippen MR) is 122 cm³/mol. The lowest BCUT2D eigenvalue weighted by atomic mass is 10.1. The number of nitrogens with zero attached hydrogens (tertiary/aromatic N) is 2. The SMILES string of the molecule is NC(=O)c1[nH]cnc1C(=O)N(CCC1CC1)c1ccc(NC(=O)c2ccc(F)cc2Cl)cc1. The third-order valence-corrected chi connectivity index (χ3v) is 5.72. The monoisotopic (exact) mass is 469 g/mol. The molecule has 0 bridgehead atoms. The molecule has 33 heavy (non-hydrogen) atoms. The maximum Gasteiger partial charge on any atom is 0.279 e. The van der Waals surface area contributed by atoms with Gasteiger partial charge < -0.3 is 20.9 Å². The van der Waals surface area contributed by atoms with Crippen LogP contribution in [0.25, 0.3) is 0 Å². The number of hydrogen-bond acceptors (Lipinski definition) is 4. The summed E-state index contributed by atoms with van der Waals surface area (Å²) in [6.07, 6.45) is 4.34. The first-order chi connectivity index (χ1) is 15.8. The molecule has 1 aliphatic rings. The van der Waals surface area contributed by atoms with E-state index in [-0.39, 0.29) is 22.0 Å². The van der Waals surface area contributed by atoms with E-state index < -0.39 is 23.5 Å². The first-order valence-electron chi connectivity index (χ1n) is 10.3. The second kappa shape index (κ2) is 9.41. The topological polar surface area (TPSA) is 121 Å². The van der Waals surface area contributed by atoms with Crippen LogP contribution in [0.5, 0.6) is 0 Å². The van der Waals surface area contributed by atoms with Crippen LogP contribution in [0.3, 0.4) is 0 Å². The van der Waals surface area contributed by atoms with Crippen molar-refractivity contribution in [3.05, 3.63) is 76.6 Å². The van der Waals surface area contributed by atoms with E-state index in [4.69, 9.17) is 17.3 Å². The van der Waals surface area contributed by atoms with Gasteiger partial charge >= 0.3 is 0 Å². The predicted octanol–water partition coefficient (Wildman–Crippen LogP) is 4.00. The lowest BCUT2D eigenvalue weighted by Crippen LogP contribution is -2.34. The Morgan fingerprint density at radius 3 is 2.55 bits per heavy atom. The van der Waals surface area contributed by atoms with Gasteiger partial charge in [-0.3, -0.25) is 14.4 Å². The summed E-state index contributed by atoms with van der Waals surface area (Å²) in [6.45, 7) is 0.450. The normalized spacial score (nSPS) is 12.9. The van der Waals surface area contributed by atoms with Crippen LogP contribution in [0, 0.1) is 11.7 Å². The van der Waals surface area contributed by atoms with Crippen molar-refractivity contribution in [2.75, 3.05) is 16.8 Å². The number of amides is 3. The van der Waals surface area contributed by atoms with Crippen molar-refractivity contribution in [2.45, 2.75) is 19.3 Å². The molecule has 1 aromatic heterocycles. The molecule has 0 spiro atoms. The second-order valence-corrected chi connectivity index (χ2v) is 8.21. The number of aromatic nitrogens is 2. The number of nitrogens with two attached hydrogens (primary N) is 1. The highest BCUT2D eigenvalue weighted by atomic mass is 35.5. The Bertz CT molecular complexity index is 1210. The molecule has 170 valence electrons. The third-order valence-electron chi connectivity index (χ3n) is 5.40. The molecule has 0 saturated heterocycles. The number of carbonyl (C=O) groups is 3. The molecule has 3 amide bonds. The highest BCUT2D eigenvalue weighted by molar-refractivity contribution is 6.34. The number of halogens is 2. The summed E-state index contributed by atoms with van der Waals surface area (Å²) in [5.41, 5.74) is 6.45. The smallest absolute Gasteiger partial charge is 0.279 e. The van der Waals surface area contributed by atoms with Crippen LogP contribution in [0.4, 0.5) is 15.8 Å². The highest BCUT2D eigenvalue weighted by Gasteiger charge is 2.28. The maximum absolute atomic E-state index is 13.2. The Balaban J connectivity index is 1.53. The molecule has 10 heteroatoms. The Morgan fingerprint density at radius 2 is 1.91 bits per heavy atom. The molecule has 4 N–H and O–H groups in total. The van der Waals surface area contributed by atoms with E-state index in [0.29, 0.717) is 23.8 Å². The molecule has 8 nitrogen and oxygen atoms in total. The van der Waals surface area contributed by atoms with E-state index in [9.17, 15) is 18.8 Å². The molecule has 1 saturated carbocycles. The minimum atomic E-state index is -0.768. The molecule has 1 heterocycles. The number of imidazole rings is 1.